The van der Waals surface area contributed by atoms with Crippen molar-refractivity contribution in [3.63, 3.8) is 0 Å². The molecular weight excluding hydrogens is 342 g/mol. The molecule has 1 unspecified atom stereocenters. The van der Waals surface area contributed by atoms with Gasteiger partial charge in [0.2, 0.25) is 0 Å². The van der Waals surface area contributed by atoms with Crippen LogP contribution in [0, 0.1) is 12.8 Å². The molecule has 0 saturated heterocycles. The van der Waals surface area contributed by atoms with E-state index < -0.39 is 0 Å². The van der Waals surface area contributed by atoms with E-state index >= 15 is 0 Å². The molecule has 3 aromatic carbocycles. The number of aryl methyl sites for hydroxylation is 1. The van der Waals surface area contributed by atoms with Gasteiger partial charge in [-0.3, -0.25) is 0 Å². The molecule has 3 rings (SSSR count). The normalized spacial score (nSPS) is 11.4. The van der Waals surface area contributed by atoms with Gasteiger partial charge in [-0.1, -0.05) is 62.7 Å². The van der Waals surface area contributed by atoms with Crippen molar-refractivity contribution in [3.05, 3.63) is 95.6 Å². The Bertz CT molecular complexity index is 951. The van der Waals surface area contributed by atoms with Gasteiger partial charge in [0.25, 0.3) is 0 Å². The van der Waals surface area contributed by atoms with Crippen molar-refractivity contribution in [1.29, 1.82) is 0 Å². The summed E-state index contributed by atoms with van der Waals surface area (Å²) in [4.78, 5) is 4.59. The van der Waals surface area contributed by atoms with Crippen molar-refractivity contribution in [2.24, 2.45) is 10.9 Å². The average molecular weight is 370 g/mol. The van der Waals surface area contributed by atoms with Gasteiger partial charge >= 0.3 is 0 Å². The second kappa shape index (κ2) is 9.73. The maximum atomic E-state index is 5.89. The molecule has 0 spiro atoms. The predicted octanol–water partition coefficient (Wildman–Crippen LogP) is 6.85. The fourth-order valence-electron chi connectivity index (χ4n) is 2.79. The molecule has 0 radical (unpaired) electrons. The van der Waals surface area contributed by atoms with E-state index in [4.69, 9.17) is 4.74 Å². The van der Waals surface area contributed by atoms with Crippen LogP contribution in [-0.2, 0) is 0 Å². The highest BCUT2D eigenvalue weighted by Gasteiger charge is 2.06. The molecule has 0 N–H and O–H groups in total. The van der Waals surface area contributed by atoms with Crippen LogP contribution in [0.4, 0.5) is 5.69 Å². The lowest BCUT2D eigenvalue weighted by atomic mass is 9.99. The fourth-order valence-corrected chi connectivity index (χ4v) is 2.79. The second-order valence-electron chi connectivity index (χ2n) is 7.15. The van der Waals surface area contributed by atoms with Crippen molar-refractivity contribution < 1.29 is 4.74 Å². The Morgan fingerprint density at radius 1 is 0.929 bits per heavy atom. The lowest BCUT2D eigenvalue weighted by Gasteiger charge is -2.12. The van der Waals surface area contributed by atoms with E-state index in [1.165, 1.54) is 5.56 Å². The topological polar surface area (TPSA) is 21.6 Å². The molecule has 3 aromatic rings. The third-order valence-electron chi connectivity index (χ3n) is 4.74. The zero-order valence-corrected chi connectivity index (χ0v) is 16.9. The molecular formula is C26H27NO. The first-order valence-electron chi connectivity index (χ1n) is 9.84. The maximum absolute atomic E-state index is 5.89. The molecule has 0 heterocycles. The molecule has 0 aliphatic carbocycles. The number of hydrogen-bond donors (Lipinski definition) is 0. The Morgan fingerprint density at radius 3 is 2.32 bits per heavy atom. The molecule has 1 atom stereocenters. The van der Waals surface area contributed by atoms with Gasteiger partial charge in [0, 0.05) is 0 Å². The lowest BCUT2D eigenvalue weighted by Crippen LogP contribution is -2.07. The number of ether oxygens (including phenoxy) is 1. The van der Waals surface area contributed by atoms with Crippen LogP contribution in [0.25, 0.3) is 5.57 Å². The Kier molecular flexibility index (Phi) is 6.84. The summed E-state index contributed by atoms with van der Waals surface area (Å²) in [5.74, 6) is 4.73. The maximum Gasteiger partial charge on any atom is 0.119 e. The summed E-state index contributed by atoms with van der Waals surface area (Å²) in [6.07, 6.45) is 1.12. The number of aliphatic imine (C=N–C) groups is 1. The second-order valence-corrected chi connectivity index (χ2v) is 7.15. The van der Waals surface area contributed by atoms with E-state index in [0.29, 0.717) is 5.92 Å². The highest BCUT2D eigenvalue weighted by atomic mass is 16.5. The third-order valence-corrected chi connectivity index (χ3v) is 4.74. The number of benzene rings is 3. The van der Waals surface area contributed by atoms with E-state index in [2.05, 4.69) is 68.0 Å². The summed E-state index contributed by atoms with van der Waals surface area (Å²) < 4.78 is 5.89. The molecule has 0 bridgehead atoms. The standard InChI is InChI=1S/C26H27NO/c1-4-20(2)19-28-25-15-13-23(14-16-25)26(22-10-6-5-7-11-22)18-27-24-12-8-9-21(3)17-24/h5-17,20H,4,19H2,1-3H3. The number of nitrogens with zero attached hydrogens (tertiary/aromatic N) is 1. The monoisotopic (exact) mass is 369 g/mol. The largest absolute Gasteiger partial charge is 0.493 e. The highest BCUT2D eigenvalue weighted by Crippen LogP contribution is 2.24. The van der Waals surface area contributed by atoms with E-state index in [-0.39, 0.29) is 0 Å². The first kappa shape index (κ1) is 19.7. The quantitative estimate of drug-likeness (QED) is 0.417. The highest BCUT2D eigenvalue weighted by molar-refractivity contribution is 5.99. The van der Waals surface area contributed by atoms with Gasteiger partial charge in [-0.05, 0) is 71.8 Å². The summed E-state index contributed by atoms with van der Waals surface area (Å²) in [5, 5.41) is 0. The van der Waals surface area contributed by atoms with Crippen LogP contribution < -0.4 is 4.74 Å². The Labute approximate surface area is 168 Å². The molecule has 142 valence electrons. The molecule has 2 heteroatoms. The fraction of sp³-hybridized carbons (Fsp3) is 0.231. The number of rotatable bonds is 7. The summed E-state index contributed by atoms with van der Waals surface area (Å²) in [5.41, 5.74) is 5.22. The average Bonchev–Trinajstić information content (AvgIpc) is 2.74. The van der Waals surface area contributed by atoms with E-state index in [0.717, 1.165) is 41.2 Å². The minimum Gasteiger partial charge on any atom is -0.493 e. The molecule has 0 fully saturated rings. The van der Waals surface area contributed by atoms with Gasteiger partial charge in [0.1, 0.15) is 5.75 Å². The van der Waals surface area contributed by atoms with Gasteiger partial charge in [-0.25, -0.2) is 4.99 Å². The van der Waals surface area contributed by atoms with E-state index in [1.807, 2.05) is 42.5 Å². The van der Waals surface area contributed by atoms with Gasteiger partial charge in [0.15, 0.2) is 0 Å². The van der Waals surface area contributed by atoms with Crippen molar-refractivity contribution in [2.45, 2.75) is 27.2 Å². The molecule has 0 aliphatic heterocycles. The third kappa shape index (κ3) is 5.45. The van der Waals surface area contributed by atoms with Crippen LogP contribution in [0.3, 0.4) is 0 Å². The lowest BCUT2D eigenvalue weighted by molar-refractivity contribution is 0.256. The SMILES string of the molecule is CCC(C)COc1ccc(C(=C=Nc2cccc(C)c2)c2ccccc2)cc1. The molecule has 2 nitrogen and oxygen atoms in total. The zero-order valence-electron chi connectivity index (χ0n) is 16.9. The van der Waals surface area contributed by atoms with Gasteiger partial charge in [0.05, 0.1) is 17.9 Å². The Morgan fingerprint density at radius 2 is 1.64 bits per heavy atom. The predicted molar refractivity (Wildman–Crippen MR) is 119 cm³/mol. The molecule has 0 saturated carbocycles. The van der Waals surface area contributed by atoms with Crippen LogP contribution in [0.2, 0.25) is 0 Å². The van der Waals surface area contributed by atoms with Crippen LogP contribution >= 0.6 is 0 Å². The van der Waals surface area contributed by atoms with E-state index in [9.17, 15) is 0 Å². The van der Waals surface area contributed by atoms with Crippen LogP contribution in [0.15, 0.2) is 83.9 Å². The molecule has 0 amide bonds. The van der Waals surface area contributed by atoms with Gasteiger partial charge in [-0.15, -0.1) is 0 Å². The van der Waals surface area contributed by atoms with Crippen molar-refractivity contribution >= 4 is 17.1 Å². The molecule has 0 aliphatic rings. The van der Waals surface area contributed by atoms with E-state index in [1.54, 1.807) is 0 Å². The minimum absolute atomic E-state index is 0.556. The first-order chi connectivity index (χ1) is 13.7. The minimum atomic E-state index is 0.556. The zero-order chi connectivity index (χ0) is 19.8. The van der Waals surface area contributed by atoms with Crippen LogP contribution in [-0.4, -0.2) is 12.5 Å². The summed E-state index contributed by atoms with van der Waals surface area (Å²) in [7, 11) is 0. The summed E-state index contributed by atoms with van der Waals surface area (Å²) >= 11 is 0. The van der Waals surface area contributed by atoms with Gasteiger partial charge in [-0.2, -0.15) is 0 Å². The summed E-state index contributed by atoms with van der Waals surface area (Å²) in [6.45, 7) is 7.19. The van der Waals surface area contributed by atoms with Crippen LogP contribution in [0.1, 0.15) is 37.0 Å². The molecule has 0 aromatic heterocycles. The Balaban J connectivity index is 1.93. The van der Waals surface area contributed by atoms with Crippen LogP contribution in [0.5, 0.6) is 5.75 Å². The van der Waals surface area contributed by atoms with Gasteiger partial charge < -0.3 is 4.74 Å². The molecule has 28 heavy (non-hydrogen) atoms. The van der Waals surface area contributed by atoms with Crippen molar-refractivity contribution in [1.82, 2.24) is 0 Å². The van der Waals surface area contributed by atoms with Crippen molar-refractivity contribution in [3.8, 4) is 5.75 Å². The Hall–Kier alpha value is -3.09. The number of hydrogen-bond acceptors (Lipinski definition) is 2. The van der Waals surface area contributed by atoms with Crippen molar-refractivity contribution in [2.75, 3.05) is 6.61 Å². The summed E-state index contributed by atoms with van der Waals surface area (Å²) in [6, 6.07) is 26.6. The smallest absolute Gasteiger partial charge is 0.119 e. The first-order valence-corrected chi connectivity index (χ1v) is 9.84.